The summed E-state index contributed by atoms with van der Waals surface area (Å²) in [6.07, 6.45) is 0.560. The molecule has 0 aliphatic carbocycles. The molecule has 0 bridgehead atoms. The molecule has 1 saturated heterocycles. The minimum Gasteiger partial charge on any atom is -0.312 e. The summed E-state index contributed by atoms with van der Waals surface area (Å²) >= 11 is 7.41. The van der Waals surface area contributed by atoms with Crippen molar-refractivity contribution in [3.8, 4) is 0 Å². The molecule has 2 heterocycles. The maximum absolute atomic E-state index is 11.9. The molecule has 1 aromatic heterocycles. The molecule has 1 amide bonds. The molecule has 1 fully saturated rings. The molecule has 1 aliphatic rings. The van der Waals surface area contributed by atoms with Crippen LogP contribution in [0.25, 0.3) is 10.2 Å². The molecule has 5 heteroatoms. The first-order valence-corrected chi connectivity index (χ1v) is 6.89. The van der Waals surface area contributed by atoms with Gasteiger partial charge in [0.05, 0.1) is 15.7 Å². The van der Waals surface area contributed by atoms with Crippen LogP contribution in [0, 0.1) is 5.92 Å². The maximum atomic E-state index is 11.9. The maximum Gasteiger partial charge on any atom is 0.227 e. The van der Waals surface area contributed by atoms with Crippen LogP contribution in [0.2, 0.25) is 0 Å². The lowest BCUT2D eigenvalue weighted by Crippen LogP contribution is -2.24. The summed E-state index contributed by atoms with van der Waals surface area (Å²) in [6.45, 7) is 0.729. The average Bonchev–Trinajstić information content (AvgIpc) is 2.93. The summed E-state index contributed by atoms with van der Waals surface area (Å²) in [4.78, 5) is 17.9. The summed E-state index contributed by atoms with van der Waals surface area (Å²) in [7, 11) is 0. The second-order valence-electron chi connectivity index (χ2n) is 4.23. The van der Waals surface area contributed by atoms with Gasteiger partial charge in [0.15, 0.2) is 0 Å². The van der Waals surface area contributed by atoms with Gasteiger partial charge in [0.2, 0.25) is 5.91 Å². The van der Waals surface area contributed by atoms with Crippen LogP contribution in [0.1, 0.15) is 6.42 Å². The number of fused-ring (bicyclic) bond motifs is 1. The third kappa shape index (κ3) is 1.91. The van der Waals surface area contributed by atoms with Gasteiger partial charge in [-0.1, -0.05) is 0 Å². The Labute approximate surface area is 108 Å². The molecule has 0 saturated carbocycles. The molecule has 1 aromatic carbocycles. The monoisotopic (exact) mass is 266 g/mol. The molecule has 0 spiro atoms. The van der Waals surface area contributed by atoms with Crippen LogP contribution in [0.5, 0.6) is 0 Å². The van der Waals surface area contributed by atoms with E-state index in [-0.39, 0.29) is 11.8 Å². The molecule has 1 unspecified atom stereocenters. The number of carbonyl (C=O) groups is 1. The third-order valence-electron chi connectivity index (χ3n) is 3.05. The van der Waals surface area contributed by atoms with Crippen molar-refractivity contribution in [2.24, 2.45) is 5.92 Å². The largest absolute Gasteiger partial charge is 0.312 e. The van der Waals surface area contributed by atoms with E-state index in [4.69, 9.17) is 11.6 Å². The molecule has 0 radical (unpaired) electrons. The van der Waals surface area contributed by atoms with Crippen LogP contribution < -0.4 is 4.90 Å². The second kappa shape index (κ2) is 4.27. The Balaban J connectivity index is 1.95. The molecule has 88 valence electrons. The third-order valence-corrected chi connectivity index (χ3v) is 4.28. The highest BCUT2D eigenvalue weighted by atomic mass is 35.5. The molecule has 0 N–H and O–H groups in total. The van der Waals surface area contributed by atoms with Crippen LogP contribution >= 0.6 is 22.9 Å². The number of halogens is 1. The van der Waals surface area contributed by atoms with E-state index in [2.05, 4.69) is 4.98 Å². The van der Waals surface area contributed by atoms with E-state index in [0.717, 1.165) is 22.4 Å². The van der Waals surface area contributed by atoms with E-state index < -0.39 is 0 Å². The zero-order valence-corrected chi connectivity index (χ0v) is 10.7. The van der Waals surface area contributed by atoms with Crippen LogP contribution in [-0.2, 0) is 4.79 Å². The molecule has 17 heavy (non-hydrogen) atoms. The summed E-state index contributed by atoms with van der Waals surface area (Å²) in [5, 5.41) is 0. The Bertz CT molecular complexity index is 568. The first kappa shape index (κ1) is 11.0. The predicted octanol–water partition coefficient (Wildman–Crippen LogP) is 2.89. The fourth-order valence-corrected chi connectivity index (χ4v) is 3.06. The Morgan fingerprint density at radius 1 is 1.53 bits per heavy atom. The number of nitrogens with zero attached hydrogens (tertiary/aromatic N) is 2. The van der Waals surface area contributed by atoms with Crippen LogP contribution in [0.3, 0.4) is 0 Å². The van der Waals surface area contributed by atoms with E-state index in [1.165, 1.54) is 0 Å². The van der Waals surface area contributed by atoms with Gasteiger partial charge < -0.3 is 4.90 Å². The van der Waals surface area contributed by atoms with Gasteiger partial charge in [0, 0.05) is 24.5 Å². The fourth-order valence-electron chi connectivity index (χ4n) is 2.15. The average molecular weight is 267 g/mol. The summed E-state index contributed by atoms with van der Waals surface area (Å²) in [5.41, 5.74) is 3.76. The molecular weight excluding hydrogens is 256 g/mol. The molecule has 1 atom stereocenters. The predicted molar refractivity (Wildman–Crippen MR) is 70.8 cm³/mol. The number of rotatable bonds is 2. The van der Waals surface area contributed by atoms with E-state index >= 15 is 0 Å². The first-order chi connectivity index (χ1) is 8.28. The van der Waals surface area contributed by atoms with Crippen molar-refractivity contribution in [1.29, 1.82) is 0 Å². The fraction of sp³-hybridized carbons (Fsp3) is 0.333. The van der Waals surface area contributed by atoms with E-state index in [9.17, 15) is 4.79 Å². The second-order valence-corrected chi connectivity index (χ2v) is 5.43. The van der Waals surface area contributed by atoms with Crippen molar-refractivity contribution in [3.05, 3.63) is 23.7 Å². The molecule has 3 nitrogen and oxygen atoms in total. The van der Waals surface area contributed by atoms with Gasteiger partial charge in [0.1, 0.15) is 0 Å². The smallest absolute Gasteiger partial charge is 0.227 e. The molecule has 3 rings (SSSR count). The SMILES string of the molecule is O=C1CC(CCl)CN1c1ccc2ncsc2c1. The minimum atomic E-state index is 0.166. The summed E-state index contributed by atoms with van der Waals surface area (Å²) < 4.78 is 1.12. The van der Waals surface area contributed by atoms with Gasteiger partial charge in [-0.25, -0.2) is 4.98 Å². The zero-order chi connectivity index (χ0) is 11.8. The highest BCUT2D eigenvalue weighted by Gasteiger charge is 2.29. The van der Waals surface area contributed by atoms with Gasteiger partial charge in [-0.2, -0.15) is 0 Å². The number of carbonyl (C=O) groups excluding carboxylic acids is 1. The highest BCUT2D eigenvalue weighted by molar-refractivity contribution is 7.16. The van der Waals surface area contributed by atoms with E-state index in [1.807, 2.05) is 28.6 Å². The molecule has 1 aliphatic heterocycles. The van der Waals surface area contributed by atoms with Gasteiger partial charge in [-0.3, -0.25) is 4.79 Å². The number of hydrogen-bond donors (Lipinski definition) is 0. The Kier molecular flexibility index (Phi) is 2.76. The van der Waals surface area contributed by atoms with Crippen LogP contribution in [0.15, 0.2) is 23.7 Å². The highest BCUT2D eigenvalue weighted by Crippen LogP contribution is 2.29. The summed E-state index contributed by atoms with van der Waals surface area (Å²) in [5.74, 6) is 0.992. The minimum absolute atomic E-state index is 0.166. The Morgan fingerprint density at radius 2 is 2.41 bits per heavy atom. The lowest BCUT2D eigenvalue weighted by Gasteiger charge is -2.16. The first-order valence-electron chi connectivity index (χ1n) is 5.47. The Morgan fingerprint density at radius 3 is 3.18 bits per heavy atom. The zero-order valence-electron chi connectivity index (χ0n) is 9.10. The van der Waals surface area contributed by atoms with Crippen molar-refractivity contribution in [2.45, 2.75) is 6.42 Å². The quantitative estimate of drug-likeness (QED) is 0.783. The molecular formula is C12H11ClN2OS. The van der Waals surface area contributed by atoms with Crippen molar-refractivity contribution in [3.63, 3.8) is 0 Å². The van der Waals surface area contributed by atoms with Gasteiger partial charge in [0.25, 0.3) is 0 Å². The number of aromatic nitrogens is 1. The number of anilines is 1. The number of amides is 1. The lowest BCUT2D eigenvalue weighted by atomic mass is 10.1. The molecule has 2 aromatic rings. The van der Waals surface area contributed by atoms with E-state index in [0.29, 0.717) is 12.3 Å². The van der Waals surface area contributed by atoms with Gasteiger partial charge >= 0.3 is 0 Å². The lowest BCUT2D eigenvalue weighted by molar-refractivity contribution is -0.117. The number of thiazole rings is 1. The van der Waals surface area contributed by atoms with Crippen molar-refractivity contribution in [1.82, 2.24) is 4.98 Å². The van der Waals surface area contributed by atoms with Crippen molar-refractivity contribution < 1.29 is 4.79 Å². The van der Waals surface area contributed by atoms with Crippen molar-refractivity contribution in [2.75, 3.05) is 17.3 Å². The normalized spacial score (nSPS) is 20.4. The number of alkyl halides is 1. The standard InChI is InChI=1S/C12H11ClN2OS/c13-5-8-3-12(16)15(6-8)9-1-2-10-11(4-9)17-7-14-10/h1-2,4,7-8H,3,5-6H2. The van der Waals surface area contributed by atoms with E-state index in [1.54, 1.807) is 11.3 Å². The Hall–Kier alpha value is -1.13. The van der Waals surface area contributed by atoms with Crippen LogP contribution in [-0.4, -0.2) is 23.3 Å². The van der Waals surface area contributed by atoms with Crippen LogP contribution in [0.4, 0.5) is 5.69 Å². The van der Waals surface area contributed by atoms with Gasteiger partial charge in [-0.15, -0.1) is 22.9 Å². The summed E-state index contributed by atoms with van der Waals surface area (Å²) in [6, 6.07) is 5.94. The topological polar surface area (TPSA) is 33.2 Å². The van der Waals surface area contributed by atoms with Crippen molar-refractivity contribution >= 4 is 44.7 Å². The van der Waals surface area contributed by atoms with Gasteiger partial charge in [-0.05, 0) is 24.1 Å². The number of benzene rings is 1. The number of hydrogen-bond acceptors (Lipinski definition) is 3.